The predicted octanol–water partition coefficient (Wildman–Crippen LogP) is 0.592. The normalized spacial score (nSPS) is 28.5. The Hall–Kier alpha value is -2.12. The second-order valence-electron chi connectivity index (χ2n) is 6.09. The van der Waals surface area contributed by atoms with Crippen molar-refractivity contribution in [3.05, 3.63) is 0 Å². The zero-order chi connectivity index (χ0) is 17.2. The van der Waals surface area contributed by atoms with E-state index in [-0.39, 0.29) is 5.92 Å². The van der Waals surface area contributed by atoms with Gasteiger partial charge in [0.05, 0.1) is 7.11 Å². The molecule has 2 rings (SSSR count). The Labute approximate surface area is 134 Å². The number of rotatable bonds is 4. The Kier molecular flexibility index (Phi) is 4.91. The Morgan fingerprint density at radius 2 is 2.09 bits per heavy atom. The second-order valence-corrected chi connectivity index (χ2v) is 6.09. The number of nitrogens with one attached hydrogen (secondary N) is 1. The van der Waals surface area contributed by atoms with E-state index in [1.165, 1.54) is 14.0 Å². The highest BCUT2D eigenvalue weighted by Gasteiger charge is 2.55. The van der Waals surface area contributed by atoms with Crippen molar-refractivity contribution >= 4 is 23.9 Å². The fourth-order valence-electron chi connectivity index (χ4n) is 3.22. The molecule has 2 aliphatic rings. The fourth-order valence-corrected chi connectivity index (χ4v) is 3.22. The maximum absolute atomic E-state index is 12.7. The lowest BCUT2D eigenvalue weighted by molar-refractivity contribution is -0.165. The fraction of sp³-hybridized carbons (Fsp3) is 0.733. The van der Waals surface area contributed by atoms with Crippen molar-refractivity contribution in [1.29, 1.82) is 0 Å². The third-order valence-corrected chi connectivity index (χ3v) is 4.63. The van der Waals surface area contributed by atoms with Gasteiger partial charge in [-0.25, -0.2) is 9.59 Å². The minimum Gasteiger partial charge on any atom is -0.466 e. The molecule has 1 saturated carbocycles. The summed E-state index contributed by atoms with van der Waals surface area (Å²) < 4.78 is 9.33. The van der Waals surface area contributed by atoms with Crippen molar-refractivity contribution < 1.29 is 28.7 Å². The molecule has 0 radical (unpaired) electrons. The Bertz CT molecular complexity index is 534. The number of hydrogen-bond donors (Lipinski definition) is 1. The van der Waals surface area contributed by atoms with Crippen LogP contribution < -0.4 is 5.32 Å². The van der Waals surface area contributed by atoms with Crippen LogP contribution in [0.25, 0.3) is 0 Å². The molecule has 3 unspecified atom stereocenters. The van der Waals surface area contributed by atoms with Gasteiger partial charge in [0.2, 0.25) is 0 Å². The third kappa shape index (κ3) is 3.16. The van der Waals surface area contributed by atoms with E-state index in [1.807, 2.05) is 6.92 Å². The molecule has 1 saturated heterocycles. The van der Waals surface area contributed by atoms with Crippen molar-refractivity contribution in [1.82, 2.24) is 10.2 Å². The highest BCUT2D eigenvalue weighted by molar-refractivity contribution is 6.09. The molecule has 3 atom stereocenters. The van der Waals surface area contributed by atoms with E-state index in [2.05, 4.69) is 10.1 Å². The number of nitrogens with zero attached hydrogens (tertiary/aromatic N) is 1. The molecule has 23 heavy (non-hydrogen) atoms. The smallest absolute Gasteiger partial charge is 0.346 e. The van der Waals surface area contributed by atoms with Crippen molar-refractivity contribution in [3.63, 3.8) is 0 Å². The summed E-state index contributed by atoms with van der Waals surface area (Å²) in [6.45, 7) is 2.78. The van der Waals surface area contributed by atoms with Gasteiger partial charge in [0.1, 0.15) is 12.1 Å². The predicted molar refractivity (Wildman–Crippen MR) is 78.2 cm³/mol. The molecule has 128 valence electrons. The van der Waals surface area contributed by atoms with E-state index in [0.29, 0.717) is 6.42 Å². The Balaban J connectivity index is 2.03. The van der Waals surface area contributed by atoms with E-state index < -0.39 is 42.1 Å². The van der Waals surface area contributed by atoms with Crippen LogP contribution in [0.1, 0.15) is 39.5 Å². The van der Waals surface area contributed by atoms with Crippen LogP contribution in [0.4, 0.5) is 4.79 Å². The van der Waals surface area contributed by atoms with Crippen LogP contribution in [0.15, 0.2) is 0 Å². The molecule has 0 aromatic carbocycles. The molecule has 2 fully saturated rings. The summed E-state index contributed by atoms with van der Waals surface area (Å²) in [4.78, 5) is 48.7. The Morgan fingerprint density at radius 3 is 2.70 bits per heavy atom. The summed E-state index contributed by atoms with van der Waals surface area (Å²) in [6, 6.07) is -0.591. The van der Waals surface area contributed by atoms with Crippen LogP contribution in [0, 0.1) is 5.92 Å². The molecular weight excluding hydrogens is 304 g/mol. The van der Waals surface area contributed by atoms with Crippen LogP contribution in [0.3, 0.4) is 0 Å². The molecule has 8 heteroatoms. The van der Waals surface area contributed by atoms with Crippen molar-refractivity contribution in [2.24, 2.45) is 5.92 Å². The molecular formula is C15H22N2O6. The zero-order valence-electron chi connectivity index (χ0n) is 13.6. The number of methoxy groups -OCH3 is 1. The van der Waals surface area contributed by atoms with Gasteiger partial charge < -0.3 is 14.8 Å². The number of carbonyl (C=O) groups excluding carboxylic acids is 4. The van der Waals surface area contributed by atoms with Crippen LogP contribution in [-0.2, 0) is 23.9 Å². The summed E-state index contributed by atoms with van der Waals surface area (Å²) in [5.74, 6) is -1.90. The lowest BCUT2D eigenvalue weighted by atomic mass is 9.73. The lowest BCUT2D eigenvalue weighted by Gasteiger charge is -2.36. The van der Waals surface area contributed by atoms with Gasteiger partial charge in [0.15, 0.2) is 6.10 Å². The molecule has 1 aliphatic heterocycles. The number of carbonyl (C=O) groups is 4. The van der Waals surface area contributed by atoms with E-state index in [0.717, 1.165) is 24.2 Å². The number of ether oxygens (including phenoxy) is 2. The first-order valence-electron chi connectivity index (χ1n) is 7.73. The largest absolute Gasteiger partial charge is 0.466 e. The van der Waals surface area contributed by atoms with E-state index in [9.17, 15) is 19.2 Å². The van der Waals surface area contributed by atoms with Gasteiger partial charge >= 0.3 is 18.0 Å². The summed E-state index contributed by atoms with van der Waals surface area (Å²) in [5.41, 5.74) is -0.913. The molecule has 0 aromatic heterocycles. The van der Waals surface area contributed by atoms with Crippen LogP contribution >= 0.6 is 0 Å². The number of imide groups is 1. The van der Waals surface area contributed by atoms with Crippen LogP contribution in [-0.4, -0.2) is 54.1 Å². The maximum Gasteiger partial charge on any atom is 0.346 e. The first kappa shape index (κ1) is 17.2. The number of amides is 3. The number of hydrogen-bond acceptors (Lipinski definition) is 6. The maximum atomic E-state index is 12.7. The minimum atomic E-state index is -1.09. The number of urea groups is 1. The van der Waals surface area contributed by atoms with Crippen LogP contribution in [0.5, 0.6) is 0 Å². The van der Waals surface area contributed by atoms with E-state index in [1.54, 1.807) is 0 Å². The van der Waals surface area contributed by atoms with Gasteiger partial charge in [-0.15, -0.1) is 0 Å². The summed E-state index contributed by atoms with van der Waals surface area (Å²) in [6.07, 6.45) is 2.21. The van der Waals surface area contributed by atoms with Crippen LogP contribution in [0.2, 0.25) is 0 Å². The standard InChI is InChI=1S/C15H22N2O6/c1-9-6-4-5-7-15(9)13(20)17(14(21)16-15)8-11(18)23-10(2)12(19)22-3/h9-10H,4-8H2,1-3H3,(H,16,21). The average Bonchev–Trinajstić information content (AvgIpc) is 2.74. The number of esters is 2. The van der Waals surface area contributed by atoms with Crippen molar-refractivity contribution in [3.8, 4) is 0 Å². The quantitative estimate of drug-likeness (QED) is 0.599. The van der Waals surface area contributed by atoms with Gasteiger partial charge in [-0.2, -0.15) is 0 Å². The molecule has 1 heterocycles. The van der Waals surface area contributed by atoms with Gasteiger partial charge in [-0.1, -0.05) is 19.8 Å². The first-order valence-corrected chi connectivity index (χ1v) is 7.73. The van der Waals surface area contributed by atoms with E-state index >= 15 is 0 Å². The molecule has 0 bridgehead atoms. The Morgan fingerprint density at radius 1 is 1.39 bits per heavy atom. The topological polar surface area (TPSA) is 102 Å². The summed E-state index contributed by atoms with van der Waals surface area (Å²) in [7, 11) is 1.18. The molecule has 1 N–H and O–H groups in total. The summed E-state index contributed by atoms with van der Waals surface area (Å²) in [5, 5.41) is 2.75. The van der Waals surface area contributed by atoms with Crippen molar-refractivity contribution in [2.45, 2.75) is 51.2 Å². The second kappa shape index (κ2) is 6.55. The minimum absolute atomic E-state index is 0.0164. The molecule has 8 nitrogen and oxygen atoms in total. The lowest BCUT2D eigenvalue weighted by Crippen LogP contribution is -2.54. The van der Waals surface area contributed by atoms with Gasteiger partial charge in [-0.05, 0) is 25.7 Å². The first-order chi connectivity index (χ1) is 10.8. The average molecular weight is 326 g/mol. The molecule has 1 spiro atoms. The van der Waals surface area contributed by atoms with E-state index in [4.69, 9.17) is 4.74 Å². The highest BCUT2D eigenvalue weighted by atomic mass is 16.6. The third-order valence-electron chi connectivity index (χ3n) is 4.63. The summed E-state index contributed by atoms with van der Waals surface area (Å²) >= 11 is 0. The SMILES string of the molecule is COC(=O)C(C)OC(=O)CN1C(=O)NC2(CCCCC2C)C1=O. The molecule has 0 aromatic rings. The van der Waals surface area contributed by atoms with Gasteiger partial charge in [-0.3, -0.25) is 14.5 Å². The molecule has 3 amide bonds. The molecule has 1 aliphatic carbocycles. The van der Waals surface area contributed by atoms with Gasteiger partial charge in [0, 0.05) is 0 Å². The van der Waals surface area contributed by atoms with Crippen molar-refractivity contribution in [2.75, 3.05) is 13.7 Å². The van der Waals surface area contributed by atoms with Gasteiger partial charge in [0.25, 0.3) is 5.91 Å². The highest BCUT2D eigenvalue weighted by Crippen LogP contribution is 2.38. The zero-order valence-corrected chi connectivity index (χ0v) is 13.6. The monoisotopic (exact) mass is 326 g/mol.